The standard InChI is InChI=1S/C18H17NO2S/c1-10(2)15(20)13-9-19-18-14(16(13)21)11(3)17(22-18)12-7-5-4-6-8-12/h4-10,17H,1-3H3. The van der Waals surface area contributed by atoms with Crippen molar-refractivity contribution < 1.29 is 9.59 Å². The molecule has 0 bridgehead atoms. The molecule has 2 heterocycles. The van der Waals surface area contributed by atoms with Crippen molar-refractivity contribution in [2.24, 2.45) is 10.9 Å². The molecule has 1 aromatic carbocycles. The maximum atomic E-state index is 12.7. The molecule has 3 rings (SSSR count). The minimum atomic E-state index is -0.202. The third kappa shape index (κ3) is 2.37. The number of allylic oxidation sites excluding steroid dienone is 1. The summed E-state index contributed by atoms with van der Waals surface area (Å²) in [4.78, 5) is 29.2. The Labute approximate surface area is 134 Å². The van der Waals surface area contributed by atoms with Crippen LogP contribution in [-0.2, 0) is 9.59 Å². The van der Waals surface area contributed by atoms with Gasteiger partial charge in [-0.1, -0.05) is 55.9 Å². The second-order valence-electron chi connectivity index (χ2n) is 5.79. The van der Waals surface area contributed by atoms with E-state index in [2.05, 4.69) is 17.1 Å². The number of nitrogens with zero attached hydrogens (tertiary/aromatic N) is 1. The van der Waals surface area contributed by atoms with Crippen LogP contribution in [0.4, 0.5) is 0 Å². The minimum absolute atomic E-state index is 0.0980. The van der Waals surface area contributed by atoms with Gasteiger partial charge < -0.3 is 0 Å². The van der Waals surface area contributed by atoms with Crippen LogP contribution < -0.4 is 0 Å². The molecule has 2 aliphatic rings. The Hall–Kier alpha value is -1.94. The number of carbonyl (C=O) groups excluding carboxylic acids is 2. The summed E-state index contributed by atoms with van der Waals surface area (Å²) < 4.78 is 0. The smallest absolute Gasteiger partial charge is 0.200 e. The van der Waals surface area contributed by atoms with E-state index in [9.17, 15) is 9.59 Å². The van der Waals surface area contributed by atoms with Crippen LogP contribution in [0.3, 0.4) is 0 Å². The van der Waals surface area contributed by atoms with E-state index in [4.69, 9.17) is 0 Å². The Morgan fingerprint density at radius 1 is 1.23 bits per heavy atom. The summed E-state index contributed by atoms with van der Waals surface area (Å²) in [6.07, 6.45) is 1.44. The van der Waals surface area contributed by atoms with Gasteiger partial charge in [-0.15, -0.1) is 0 Å². The SMILES string of the molecule is CC1=C2C(=O)C(C(=O)C(C)C)=CN=C2SC1c1ccccc1. The largest absolute Gasteiger partial charge is 0.294 e. The molecule has 0 radical (unpaired) electrons. The zero-order chi connectivity index (χ0) is 15.9. The first kappa shape index (κ1) is 15.0. The van der Waals surface area contributed by atoms with Crippen molar-refractivity contribution in [3.8, 4) is 0 Å². The molecule has 0 amide bonds. The Kier molecular flexibility index (Phi) is 3.87. The zero-order valence-corrected chi connectivity index (χ0v) is 13.6. The summed E-state index contributed by atoms with van der Waals surface area (Å²) in [5.74, 6) is -0.514. The van der Waals surface area contributed by atoms with Gasteiger partial charge in [-0.2, -0.15) is 0 Å². The number of thioether (sulfide) groups is 1. The maximum Gasteiger partial charge on any atom is 0.200 e. The molecule has 0 aromatic heterocycles. The Balaban J connectivity index is 2.00. The number of aliphatic imine (C=N–C) groups is 1. The van der Waals surface area contributed by atoms with Crippen molar-refractivity contribution in [2.75, 3.05) is 0 Å². The third-order valence-corrected chi connectivity index (χ3v) is 5.30. The van der Waals surface area contributed by atoms with Gasteiger partial charge in [-0.25, -0.2) is 4.99 Å². The van der Waals surface area contributed by atoms with Crippen LogP contribution in [0.15, 0.2) is 58.2 Å². The quantitative estimate of drug-likeness (QED) is 0.796. The number of hydrogen-bond donors (Lipinski definition) is 0. The van der Waals surface area contributed by atoms with Crippen LogP contribution in [0, 0.1) is 5.92 Å². The van der Waals surface area contributed by atoms with Gasteiger partial charge in [0.15, 0.2) is 5.78 Å². The first-order valence-electron chi connectivity index (χ1n) is 7.30. The lowest BCUT2D eigenvalue weighted by molar-refractivity contribution is -0.121. The highest BCUT2D eigenvalue weighted by molar-refractivity contribution is 8.15. The molecule has 1 atom stereocenters. The molecular formula is C18H17NO2S. The van der Waals surface area contributed by atoms with Gasteiger partial charge in [-0.3, -0.25) is 9.59 Å². The van der Waals surface area contributed by atoms with Crippen molar-refractivity contribution in [3.63, 3.8) is 0 Å². The topological polar surface area (TPSA) is 46.5 Å². The lowest BCUT2D eigenvalue weighted by Crippen LogP contribution is -2.23. The van der Waals surface area contributed by atoms with Crippen molar-refractivity contribution in [1.29, 1.82) is 0 Å². The van der Waals surface area contributed by atoms with Crippen molar-refractivity contribution in [3.05, 3.63) is 58.8 Å². The summed E-state index contributed by atoms with van der Waals surface area (Å²) in [5.41, 5.74) is 2.97. The highest BCUT2D eigenvalue weighted by Gasteiger charge is 2.38. The highest BCUT2D eigenvalue weighted by atomic mass is 32.2. The molecule has 2 aliphatic heterocycles. The molecular weight excluding hydrogens is 294 g/mol. The van der Waals surface area contributed by atoms with E-state index in [1.54, 1.807) is 25.6 Å². The number of ketones is 2. The number of benzene rings is 1. The molecule has 0 N–H and O–H groups in total. The van der Waals surface area contributed by atoms with Crippen molar-refractivity contribution in [2.45, 2.75) is 26.0 Å². The van der Waals surface area contributed by atoms with Gasteiger partial charge in [-0.05, 0) is 18.1 Å². The predicted molar refractivity (Wildman–Crippen MR) is 89.8 cm³/mol. The fraction of sp³-hybridized carbons (Fsp3) is 0.278. The lowest BCUT2D eigenvalue weighted by atomic mass is 9.90. The number of carbonyl (C=O) groups is 2. The minimum Gasteiger partial charge on any atom is -0.294 e. The molecule has 4 heteroatoms. The third-order valence-electron chi connectivity index (χ3n) is 3.91. The average molecular weight is 311 g/mol. The van der Waals surface area contributed by atoms with Gasteiger partial charge >= 0.3 is 0 Å². The van der Waals surface area contributed by atoms with E-state index >= 15 is 0 Å². The molecule has 0 saturated carbocycles. The maximum absolute atomic E-state index is 12.7. The zero-order valence-electron chi connectivity index (χ0n) is 12.8. The van der Waals surface area contributed by atoms with E-state index in [0.717, 1.165) is 16.2 Å². The molecule has 0 fully saturated rings. The predicted octanol–water partition coefficient (Wildman–Crippen LogP) is 3.88. The first-order chi connectivity index (χ1) is 10.5. The summed E-state index contributed by atoms with van der Waals surface area (Å²) >= 11 is 1.58. The van der Waals surface area contributed by atoms with E-state index in [1.807, 2.05) is 25.1 Å². The van der Waals surface area contributed by atoms with Crippen LogP contribution in [0.25, 0.3) is 0 Å². The van der Waals surface area contributed by atoms with Crippen LogP contribution in [-0.4, -0.2) is 16.6 Å². The molecule has 112 valence electrons. The molecule has 1 aromatic rings. The highest BCUT2D eigenvalue weighted by Crippen LogP contribution is 2.47. The lowest BCUT2D eigenvalue weighted by Gasteiger charge is -2.13. The van der Waals surface area contributed by atoms with Crippen LogP contribution >= 0.6 is 11.8 Å². The number of hydrogen-bond acceptors (Lipinski definition) is 4. The number of rotatable bonds is 3. The van der Waals surface area contributed by atoms with Gasteiger partial charge in [0.25, 0.3) is 0 Å². The van der Waals surface area contributed by atoms with Gasteiger partial charge in [0.05, 0.1) is 16.4 Å². The first-order valence-corrected chi connectivity index (χ1v) is 8.18. The Morgan fingerprint density at radius 3 is 2.55 bits per heavy atom. The van der Waals surface area contributed by atoms with Crippen molar-refractivity contribution in [1.82, 2.24) is 0 Å². The average Bonchev–Trinajstić information content (AvgIpc) is 2.85. The van der Waals surface area contributed by atoms with E-state index in [1.165, 1.54) is 6.20 Å². The van der Waals surface area contributed by atoms with Crippen LogP contribution in [0.5, 0.6) is 0 Å². The van der Waals surface area contributed by atoms with Gasteiger partial charge in [0.1, 0.15) is 5.04 Å². The van der Waals surface area contributed by atoms with Crippen LogP contribution in [0.2, 0.25) is 0 Å². The Morgan fingerprint density at radius 2 is 1.91 bits per heavy atom. The van der Waals surface area contributed by atoms with Crippen LogP contribution in [0.1, 0.15) is 31.6 Å². The number of fused-ring (bicyclic) bond motifs is 1. The van der Waals surface area contributed by atoms with Gasteiger partial charge in [0, 0.05) is 12.1 Å². The second kappa shape index (κ2) is 5.69. The normalized spacial score (nSPS) is 20.9. The molecule has 0 spiro atoms. The molecule has 22 heavy (non-hydrogen) atoms. The second-order valence-corrected chi connectivity index (χ2v) is 6.89. The Bertz CT molecular complexity index is 742. The van der Waals surface area contributed by atoms with E-state index in [-0.39, 0.29) is 28.3 Å². The summed E-state index contributed by atoms with van der Waals surface area (Å²) in [7, 11) is 0. The van der Waals surface area contributed by atoms with Crippen molar-refractivity contribution >= 4 is 28.4 Å². The van der Waals surface area contributed by atoms with E-state index in [0.29, 0.717) is 5.57 Å². The molecule has 0 aliphatic carbocycles. The summed E-state index contributed by atoms with van der Waals surface area (Å²) in [5, 5.41) is 0.831. The van der Waals surface area contributed by atoms with Gasteiger partial charge in [0.2, 0.25) is 5.78 Å². The fourth-order valence-corrected chi connectivity index (χ4v) is 3.97. The molecule has 1 unspecified atom stereocenters. The van der Waals surface area contributed by atoms with E-state index < -0.39 is 0 Å². The monoisotopic (exact) mass is 311 g/mol. The summed E-state index contributed by atoms with van der Waals surface area (Å²) in [6.45, 7) is 5.56. The molecule has 3 nitrogen and oxygen atoms in total. The number of Topliss-reactive ketones (excluding diaryl/α,β-unsaturated/α-hetero) is 2. The summed E-state index contributed by atoms with van der Waals surface area (Å²) in [6, 6.07) is 10.1. The molecule has 0 saturated heterocycles. The fourth-order valence-electron chi connectivity index (χ4n) is 2.68.